The van der Waals surface area contributed by atoms with Gasteiger partial charge in [-0.25, -0.2) is 0 Å². The summed E-state index contributed by atoms with van der Waals surface area (Å²) >= 11 is 0. The number of nitriles is 1. The van der Waals surface area contributed by atoms with Crippen LogP contribution in [-0.2, 0) is 4.79 Å². The van der Waals surface area contributed by atoms with E-state index in [9.17, 15) is 4.79 Å². The van der Waals surface area contributed by atoms with E-state index < -0.39 is 5.92 Å². The molecule has 1 unspecified atom stereocenters. The highest BCUT2D eigenvalue weighted by molar-refractivity contribution is 5.81. The summed E-state index contributed by atoms with van der Waals surface area (Å²) in [6.07, 6.45) is 2.02. The summed E-state index contributed by atoms with van der Waals surface area (Å²) in [5.74, 6) is -0.432. The zero-order valence-electron chi connectivity index (χ0n) is 11.3. The van der Waals surface area contributed by atoms with Gasteiger partial charge in [-0.1, -0.05) is 13.8 Å². The fourth-order valence-electron chi connectivity index (χ4n) is 2.27. The molecule has 1 aliphatic rings. The Kier molecular flexibility index (Phi) is 4.95. The lowest BCUT2D eigenvalue weighted by Gasteiger charge is -2.36. The van der Waals surface area contributed by atoms with Crippen molar-refractivity contribution >= 4 is 5.91 Å². The largest absolute Gasteiger partial charge is 0.342 e. The van der Waals surface area contributed by atoms with Crippen molar-refractivity contribution in [2.24, 2.45) is 11.8 Å². The number of amides is 1. The quantitative estimate of drug-likeness (QED) is 0.744. The van der Waals surface area contributed by atoms with Crippen LogP contribution in [0.2, 0.25) is 0 Å². The molecule has 1 atom stereocenters. The second-order valence-corrected chi connectivity index (χ2v) is 5.33. The van der Waals surface area contributed by atoms with Gasteiger partial charge in [0.1, 0.15) is 5.92 Å². The lowest BCUT2D eigenvalue weighted by molar-refractivity contribution is -0.136. The molecule has 17 heavy (non-hydrogen) atoms. The Bertz CT molecular complexity index is 300. The summed E-state index contributed by atoms with van der Waals surface area (Å²) in [7, 11) is 3.94. The topological polar surface area (TPSA) is 47.3 Å². The van der Waals surface area contributed by atoms with Crippen molar-refractivity contribution < 1.29 is 4.79 Å². The van der Waals surface area contributed by atoms with Crippen LogP contribution in [0.1, 0.15) is 26.7 Å². The third-order valence-corrected chi connectivity index (χ3v) is 3.66. The molecule has 0 aromatic heterocycles. The predicted octanol–water partition coefficient (Wildman–Crippen LogP) is 1.33. The molecule has 0 aliphatic carbocycles. The Balaban J connectivity index is 2.60. The Morgan fingerprint density at radius 1 is 1.41 bits per heavy atom. The van der Waals surface area contributed by atoms with Gasteiger partial charge in [0.15, 0.2) is 0 Å². The third-order valence-electron chi connectivity index (χ3n) is 3.66. The molecule has 1 rings (SSSR count). The molecule has 1 fully saturated rings. The van der Waals surface area contributed by atoms with Gasteiger partial charge in [0.05, 0.1) is 6.07 Å². The number of hydrogen-bond donors (Lipinski definition) is 0. The van der Waals surface area contributed by atoms with Crippen LogP contribution in [0.4, 0.5) is 0 Å². The highest BCUT2D eigenvalue weighted by Crippen LogP contribution is 2.19. The lowest BCUT2D eigenvalue weighted by Crippen LogP contribution is -2.47. The number of nitrogens with zero attached hydrogens (tertiary/aromatic N) is 3. The Hall–Kier alpha value is -1.08. The van der Waals surface area contributed by atoms with Crippen LogP contribution in [0.25, 0.3) is 0 Å². The SMILES string of the molecule is CC(C)C(C#N)C(=O)N(C)C1CCN(C)CC1. The number of rotatable bonds is 3. The molecule has 0 aromatic carbocycles. The second kappa shape index (κ2) is 6.02. The van der Waals surface area contributed by atoms with E-state index in [4.69, 9.17) is 5.26 Å². The highest BCUT2D eigenvalue weighted by Gasteiger charge is 2.30. The summed E-state index contributed by atoms with van der Waals surface area (Å²) in [5, 5.41) is 9.05. The van der Waals surface area contributed by atoms with Gasteiger partial charge in [-0.3, -0.25) is 4.79 Å². The summed E-state index contributed by atoms with van der Waals surface area (Å²) in [6.45, 7) is 5.91. The van der Waals surface area contributed by atoms with Gasteiger partial charge in [0, 0.05) is 13.1 Å². The molecular weight excluding hydrogens is 214 g/mol. The molecule has 1 amide bonds. The first-order chi connectivity index (χ1) is 7.97. The molecule has 0 saturated carbocycles. The summed E-state index contributed by atoms with van der Waals surface area (Å²) in [6, 6.07) is 2.43. The van der Waals surface area contributed by atoms with Crippen molar-refractivity contribution in [3.8, 4) is 6.07 Å². The molecule has 4 heteroatoms. The lowest BCUT2D eigenvalue weighted by atomic mass is 9.94. The number of likely N-dealkylation sites (tertiary alicyclic amines) is 1. The maximum absolute atomic E-state index is 12.2. The van der Waals surface area contributed by atoms with Crippen LogP contribution in [0.3, 0.4) is 0 Å². The minimum absolute atomic E-state index is 0.0166. The van der Waals surface area contributed by atoms with E-state index in [0.29, 0.717) is 6.04 Å². The van der Waals surface area contributed by atoms with Crippen molar-refractivity contribution in [3.05, 3.63) is 0 Å². The van der Waals surface area contributed by atoms with E-state index in [0.717, 1.165) is 25.9 Å². The van der Waals surface area contributed by atoms with Crippen molar-refractivity contribution in [1.29, 1.82) is 5.26 Å². The Labute approximate surface area is 104 Å². The molecular formula is C13H23N3O. The normalized spacial score (nSPS) is 20.0. The molecule has 4 nitrogen and oxygen atoms in total. The van der Waals surface area contributed by atoms with Crippen LogP contribution in [0, 0.1) is 23.2 Å². The highest BCUT2D eigenvalue weighted by atomic mass is 16.2. The predicted molar refractivity (Wildman–Crippen MR) is 67.2 cm³/mol. The van der Waals surface area contributed by atoms with Gasteiger partial charge in [0.25, 0.3) is 0 Å². The molecule has 0 spiro atoms. The summed E-state index contributed by atoms with van der Waals surface area (Å²) in [4.78, 5) is 16.3. The zero-order valence-corrected chi connectivity index (χ0v) is 11.3. The maximum Gasteiger partial charge on any atom is 0.240 e. The molecule has 0 bridgehead atoms. The molecule has 0 aromatic rings. The van der Waals surface area contributed by atoms with Crippen LogP contribution >= 0.6 is 0 Å². The minimum Gasteiger partial charge on any atom is -0.342 e. The van der Waals surface area contributed by atoms with E-state index >= 15 is 0 Å². The first-order valence-corrected chi connectivity index (χ1v) is 6.32. The molecule has 0 N–H and O–H groups in total. The van der Waals surface area contributed by atoms with E-state index in [-0.39, 0.29) is 11.8 Å². The average Bonchev–Trinajstić information content (AvgIpc) is 2.29. The molecule has 1 saturated heterocycles. The molecule has 1 heterocycles. The summed E-state index contributed by atoms with van der Waals surface area (Å²) in [5.41, 5.74) is 0. The average molecular weight is 237 g/mol. The van der Waals surface area contributed by atoms with E-state index in [1.807, 2.05) is 20.9 Å². The van der Waals surface area contributed by atoms with Crippen molar-refractivity contribution in [3.63, 3.8) is 0 Å². The third kappa shape index (κ3) is 3.44. The van der Waals surface area contributed by atoms with Crippen molar-refractivity contribution in [2.75, 3.05) is 27.2 Å². The van der Waals surface area contributed by atoms with Gasteiger partial charge < -0.3 is 9.80 Å². The van der Waals surface area contributed by atoms with Crippen LogP contribution in [0.5, 0.6) is 0 Å². The monoisotopic (exact) mass is 237 g/mol. The first kappa shape index (κ1) is 14.0. The second-order valence-electron chi connectivity index (χ2n) is 5.33. The van der Waals surface area contributed by atoms with Crippen molar-refractivity contribution in [1.82, 2.24) is 9.80 Å². The zero-order chi connectivity index (χ0) is 13.0. The van der Waals surface area contributed by atoms with Crippen molar-refractivity contribution in [2.45, 2.75) is 32.7 Å². The fourth-order valence-corrected chi connectivity index (χ4v) is 2.27. The first-order valence-electron chi connectivity index (χ1n) is 6.32. The minimum atomic E-state index is -0.500. The Morgan fingerprint density at radius 3 is 2.35 bits per heavy atom. The number of carbonyl (C=O) groups is 1. The Morgan fingerprint density at radius 2 is 1.94 bits per heavy atom. The number of carbonyl (C=O) groups excluding carboxylic acids is 1. The molecule has 1 aliphatic heterocycles. The van der Waals surface area contributed by atoms with Crippen LogP contribution in [-0.4, -0.2) is 48.9 Å². The van der Waals surface area contributed by atoms with Gasteiger partial charge in [-0.15, -0.1) is 0 Å². The number of hydrogen-bond acceptors (Lipinski definition) is 3. The smallest absolute Gasteiger partial charge is 0.240 e. The maximum atomic E-state index is 12.2. The van der Waals surface area contributed by atoms with E-state index in [1.165, 1.54) is 0 Å². The molecule has 0 radical (unpaired) electrons. The van der Waals surface area contributed by atoms with Gasteiger partial charge in [-0.2, -0.15) is 5.26 Å². The summed E-state index contributed by atoms with van der Waals surface area (Å²) < 4.78 is 0. The van der Waals surface area contributed by atoms with Crippen LogP contribution < -0.4 is 0 Å². The number of piperidine rings is 1. The standard InChI is InChI=1S/C13H23N3O/c1-10(2)12(9-14)13(17)16(4)11-5-7-15(3)8-6-11/h10-12H,5-8H2,1-4H3. The fraction of sp³-hybridized carbons (Fsp3) is 0.846. The van der Waals surface area contributed by atoms with E-state index in [2.05, 4.69) is 18.0 Å². The van der Waals surface area contributed by atoms with Gasteiger partial charge in [-0.05, 0) is 38.9 Å². The van der Waals surface area contributed by atoms with Gasteiger partial charge >= 0.3 is 0 Å². The van der Waals surface area contributed by atoms with Crippen LogP contribution in [0.15, 0.2) is 0 Å². The van der Waals surface area contributed by atoms with Gasteiger partial charge in [0.2, 0.25) is 5.91 Å². The molecule has 96 valence electrons. The van der Waals surface area contributed by atoms with E-state index in [1.54, 1.807) is 4.90 Å².